The highest BCUT2D eigenvalue weighted by Crippen LogP contribution is 2.09. The highest BCUT2D eigenvalue weighted by molar-refractivity contribution is 6.16. The third-order valence-corrected chi connectivity index (χ3v) is 1.77. The standard InChI is InChI=1S/C8H10N2O3/c1-2-3-4-5-6(11)9-8(13)10-7(5)12/h2,5H,1,3-4H2,(H2,9,10,11,12,13). The van der Waals surface area contributed by atoms with Gasteiger partial charge in [-0.25, -0.2) is 4.79 Å². The van der Waals surface area contributed by atoms with Gasteiger partial charge >= 0.3 is 6.03 Å². The number of imide groups is 2. The lowest BCUT2D eigenvalue weighted by molar-refractivity contribution is -0.136. The van der Waals surface area contributed by atoms with Crippen LogP contribution in [0.1, 0.15) is 12.8 Å². The molecule has 4 amide bonds. The van der Waals surface area contributed by atoms with Crippen LogP contribution in [0.5, 0.6) is 0 Å². The molecule has 0 atom stereocenters. The van der Waals surface area contributed by atoms with E-state index in [0.29, 0.717) is 12.8 Å². The van der Waals surface area contributed by atoms with Crippen molar-refractivity contribution in [1.29, 1.82) is 0 Å². The van der Waals surface area contributed by atoms with E-state index in [0.717, 1.165) is 0 Å². The molecule has 1 rings (SSSR count). The number of allylic oxidation sites excluding steroid dienone is 1. The number of urea groups is 1. The van der Waals surface area contributed by atoms with Gasteiger partial charge < -0.3 is 0 Å². The van der Waals surface area contributed by atoms with Crippen LogP contribution in [0.4, 0.5) is 4.79 Å². The van der Waals surface area contributed by atoms with Crippen molar-refractivity contribution in [2.24, 2.45) is 5.92 Å². The summed E-state index contributed by atoms with van der Waals surface area (Å²) in [5.74, 6) is -1.83. The summed E-state index contributed by atoms with van der Waals surface area (Å²) in [5, 5.41) is 4.05. The molecule has 5 nitrogen and oxygen atoms in total. The maximum Gasteiger partial charge on any atom is 0.328 e. The molecule has 0 aromatic carbocycles. The second kappa shape index (κ2) is 3.84. The second-order valence-electron chi connectivity index (χ2n) is 2.73. The van der Waals surface area contributed by atoms with E-state index in [9.17, 15) is 14.4 Å². The maximum atomic E-state index is 11.1. The van der Waals surface area contributed by atoms with Crippen LogP contribution in [0.15, 0.2) is 12.7 Å². The highest BCUT2D eigenvalue weighted by atomic mass is 16.2. The van der Waals surface area contributed by atoms with Gasteiger partial charge in [-0.2, -0.15) is 0 Å². The third-order valence-electron chi connectivity index (χ3n) is 1.77. The number of hydrogen-bond acceptors (Lipinski definition) is 3. The topological polar surface area (TPSA) is 75.3 Å². The van der Waals surface area contributed by atoms with Gasteiger partial charge in [0.15, 0.2) is 0 Å². The van der Waals surface area contributed by atoms with Gasteiger partial charge in [0.25, 0.3) is 0 Å². The Hall–Kier alpha value is -1.65. The molecule has 1 aliphatic rings. The van der Waals surface area contributed by atoms with Gasteiger partial charge in [0.1, 0.15) is 5.92 Å². The molecule has 1 fully saturated rings. The first-order chi connectivity index (χ1) is 6.15. The minimum atomic E-state index is -0.768. The molecule has 1 saturated heterocycles. The summed E-state index contributed by atoms with van der Waals surface area (Å²) in [5.41, 5.74) is 0. The minimum absolute atomic E-state index is 0.383. The average Bonchev–Trinajstić information content (AvgIpc) is 2.02. The van der Waals surface area contributed by atoms with Crippen LogP contribution in [0, 0.1) is 5.92 Å². The number of nitrogens with one attached hydrogen (secondary N) is 2. The predicted octanol–water partition coefficient (Wildman–Crippen LogP) is -0.0652. The molecule has 5 heteroatoms. The predicted molar refractivity (Wildman–Crippen MR) is 44.6 cm³/mol. The molecular weight excluding hydrogens is 172 g/mol. The Morgan fingerprint density at radius 1 is 1.23 bits per heavy atom. The SMILES string of the molecule is C=CCCC1C(=O)NC(=O)NC1=O. The van der Waals surface area contributed by atoms with Crippen LogP contribution in [0.2, 0.25) is 0 Å². The maximum absolute atomic E-state index is 11.1. The van der Waals surface area contributed by atoms with Crippen LogP contribution in [-0.2, 0) is 9.59 Å². The number of carbonyl (C=O) groups is 3. The Morgan fingerprint density at radius 2 is 1.77 bits per heavy atom. The van der Waals surface area contributed by atoms with Crippen LogP contribution in [0.3, 0.4) is 0 Å². The fraction of sp³-hybridized carbons (Fsp3) is 0.375. The van der Waals surface area contributed by atoms with Crippen LogP contribution in [0.25, 0.3) is 0 Å². The Balaban J connectivity index is 2.61. The fourth-order valence-corrected chi connectivity index (χ4v) is 1.10. The third kappa shape index (κ3) is 2.14. The van der Waals surface area contributed by atoms with E-state index in [2.05, 4.69) is 6.58 Å². The van der Waals surface area contributed by atoms with E-state index in [1.165, 1.54) is 0 Å². The molecule has 0 saturated carbocycles. The van der Waals surface area contributed by atoms with E-state index in [1.54, 1.807) is 6.08 Å². The molecular formula is C8H10N2O3. The summed E-state index contributed by atoms with van der Waals surface area (Å²) < 4.78 is 0. The lowest BCUT2D eigenvalue weighted by atomic mass is 10.00. The normalized spacial score (nSPS) is 18.0. The Morgan fingerprint density at radius 3 is 2.23 bits per heavy atom. The monoisotopic (exact) mass is 182 g/mol. The Kier molecular flexibility index (Phi) is 2.79. The molecule has 1 heterocycles. The Labute approximate surface area is 75.2 Å². The quantitative estimate of drug-likeness (QED) is 0.474. The van der Waals surface area contributed by atoms with Gasteiger partial charge in [-0.05, 0) is 12.8 Å². The zero-order valence-corrected chi connectivity index (χ0v) is 7.00. The average molecular weight is 182 g/mol. The van der Waals surface area contributed by atoms with Crippen molar-refractivity contribution in [3.63, 3.8) is 0 Å². The summed E-state index contributed by atoms with van der Waals surface area (Å²) in [4.78, 5) is 32.8. The van der Waals surface area contributed by atoms with E-state index < -0.39 is 23.8 Å². The zero-order valence-electron chi connectivity index (χ0n) is 7.00. The lowest BCUT2D eigenvalue weighted by Gasteiger charge is -2.19. The van der Waals surface area contributed by atoms with E-state index in [-0.39, 0.29) is 0 Å². The van der Waals surface area contributed by atoms with E-state index in [4.69, 9.17) is 0 Å². The molecule has 1 aliphatic heterocycles. The lowest BCUT2D eigenvalue weighted by Crippen LogP contribution is -2.55. The molecule has 70 valence electrons. The summed E-state index contributed by atoms with van der Waals surface area (Å²) in [6, 6.07) is -0.746. The van der Waals surface area contributed by atoms with Crippen LogP contribution < -0.4 is 10.6 Å². The molecule has 0 aliphatic carbocycles. The van der Waals surface area contributed by atoms with Crippen molar-refractivity contribution in [3.8, 4) is 0 Å². The molecule has 0 bridgehead atoms. The highest BCUT2D eigenvalue weighted by Gasteiger charge is 2.32. The summed E-state index contributed by atoms with van der Waals surface area (Å²) in [6.45, 7) is 3.48. The van der Waals surface area contributed by atoms with Gasteiger partial charge in [0, 0.05) is 0 Å². The molecule has 13 heavy (non-hydrogen) atoms. The number of hydrogen-bond donors (Lipinski definition) is 2. The van der Waals surface area contributed by atoms with Gasteiger partial charge in [-0.1, -0.05) is 6.08 Å². The number of amides is 4. The van der Waals surface area contributed by atoms with Crippen molar-refractivity contribution in [1.82, 2.24) is 10.6 Å². The van der Waals surface area contributed by atoms with Gasteiger partial charge in [-0.15, -0.1) is 6.58 Å². The van der Waals surface area contributed by atoms with E-state index in [1.807, 2.05) is 10.6 Å². The van der Waals surface area contributed by atoms with Gasteiger partial charge in [-0.3, -0.25) is 20.2 Å². The van der Waals surface area contributed by atoms with Crippen molar-refractivity contribution < 1.29 is 14.4 Å². The molecule has 0 unspecified atom stereocenters. The van der Waals surface area contributed by atoms with Crippen molar-refractivity contribution in [3.05, 3.63) is 12.7 Å². The zero-order chi connectivity index (χ0) is 9.84. The van der Waals surface area contributed by atoms with Crippen LogP contribution >= 0.6 is 0 Å². The molecule has 0 spiro atoms. The van der Waals surface area contributed by atoms with Crippen molar-refractivity contribution >= 4 is 17.8 Å². The first kappa shape index (κ1) is 9.44. The van der Waals surface area contributed by atoms with Crippen molar-refractivity contribution in [2.75, 3.05) is 0 Å². The Bertz CT molecular complexity index is 253. The number of carbonyl (C=O) groups excluding carboxylic acids is 3. The molecule has 0 radical (unpaired) electrons. The molecule has 0 aromatic heterocycles. The smallest absolute Gasteiger partial charge is 0.277 e. The second-order valence-corrected chi connectivity index (χ2v) is 2.73. The first-order valence-corrected chi connectivity index (χ1v) is 3.91. The number of rotatable bonds is 3. The first-order valence-electron chi connectivity index (χ1n) is 3.91. The minimum Gasteiger partial charge on any atom is -0.277 e. The molecule has 2 N–H and O–H groups in total. The largest absolute Gasteiger partial charge is 0.328 e. The van der Waals surface area contributed by atoms with Gasteiger partial charge in [0.2, 0.25) is 11.8 Å². The summed E-state index contributed by atoms with van der Waals surface area (Å²) in [6.07, 6.45) is 2.57. The summed E-state index contributed by atoms with van der Waals surface area (Å²) in [7, 11) is 0. The van der Waals surface area contributed by atoms with Gasteiger partial charge in [0.05, 0.1) is 0 Å². The summed E-state index contributed by atoms with van der Waals surface area (Å²) >= 11 is 0. The van der Waals surface area contributed by atoms with E-state index >= 15 is 0 Å². The fourth-order valence-electron chi connectivity index (χ4n) is 1.10. The van der Waals surface area contributed by atoms with Crippen molar-refractivity contribution in [2.45, 2.75) is 12.8 Å². The molecule has 0 aromatic rings. The number of barbiturate groups is 1. The van der Waals surface area contributed by atoms with Crippen LogP contribution in [-0.4, -0.2) is 17.8 Å².